The molecule has 0 atom stereocenters. The molecular weight excluding hydrogens is 284 g/mol. The summed E-state index contributed by atoms with van der Waals surface area (Å²) in [5, 5.41) is 10.2. The van der Waals surface area contributed by atoms with Gasteiger partial charge in [-0.2, -0.15) is 4.68 Å². The zero-order chi connectivity index (χ0) is 14.5. The average molecular weight is 296 g/mol. The lowest BCUT2D eigenvalue weighted by Crippen LogP contribution is -2.41. The number of carbonyl (C=O) groups excluding carboxylic acids is 2. The lowest BCUT2D eigenvalue weighted by molar-refractivity contribution is -0.120. The smallest absolute Gasteiger partial charge is 0.387 e. The maximum Gasteiger partial charge on any atom is 0.437 e. The maximum atomic E-state index is 11.5. The number of rotatable bonds is 4. The molecule has 0 aliphatic heterocycles. The van der Waals surface area contributed by atoms with Crippen molar-refractivity contribution in [2.24, 2.45) is 0 Å². The monoisotopic (exact) mass is 296 g/mol. The third-order valence-electron chi connectivity index (χ3n) is 2.22. The van der Waals surface area contributed by atoms with Crippen molar-refractivity contribution in [1.82, 2.24) is 20.4 Å². The van der Waals surface area contributed by atoms with E-state index in [4.69, 9.17) is 4.42 Å². The van der Waals surface area contributed by atoms with Gasteiger partial charge in [0, 0.05) is 6.54 Å². The van der Waals surface area contributed by atoms with Crippen molar-refractivity contribution in [3.8, 4) is 10.8 Å². The molecule has 20 heavy (non-hydrogen) atoms. The number of nitrogens with one attached hydrogen (secondary N) is 2. The van der Waals surface area contributed by atoms with Crippen molar-refractivity contribution < 1.29 is 14.0 Å². The molecule has 0 saturated carbocycles. The summed E-state index contributed by atoms with van der Waals surface area (Å²) < 4.78 is 5.80. The first-order valence-electron chi connectivity index (χ1n) is 5.79. The Kier molecular flexibility index (Phi) is 4.31. The fourth-order valence-corrected chi connectivity index (χ4v) is 2.06. The van der Waals surface area contributed by atoms with E-state index in [-0.39, 0.29) is 12.4 Å². The van der Waals surface area contributed by atoms with Crippen LogP contribution in [-0.4, -0.2) is 28.3 Å². The molecule has 8 nitrogen and oxygen atoms in total. The minimum absolute atomic E-state index is 0.149. The zero-order valence-electron chi connectivity index (χ0n) is 10.6. The van der Waals surface area contributed by atoms with Gasteiger partial charge >= 0.3 is 11.8 Å². The van der Waals surface area contributed by atoms with Gasteiger partial charge in [0.05, 0.1) is 4.88 Å². The Morgan fingerprint density at radius 2 is 2.30 bits per heavy atom. The van der Waals surface area contributed by atoms with Gasteiger partial charge in [-0.3, -0.25) is 10.1 Å². The highest BCUT2D eigenvalue weighted by Gasteiger charge is 2.14. The van der Waals surface area contributed by atoms with Gasteiger partial charge < -0.3 is 9.73 Å². The van der Waals surface area contributed by atoms with Crippen LogP contribution in [0.3, 0.4) is 0 Å². The molecule has 0 spiro atoms. The quantitative estimate of drug-likeness (QED) is 0.850. The van der Waals surface area contributed by atoms with Gasteiger partial charge in [-0.1, -0.05) is 6.07 Å². The van der Waals surface area contributed by atoms with Gasteiger partial charge in [0.1, 0.15) is 6.54 Å². The van der Waals surface area contributed by atoms with Crippen molar-refractivity contribution >= 4 is 23.3 Å². The zero-order valence-corrected chi connectivity index (χ0v) is 11.4. The van der Waals surface area contributed by atoms with Crippen molar-refractivity contribution in [2.75, 3.05) is 6.54 Å². The van der Waals surface area contributed by atoms with E-state index in [1.54, 1.807) is 19.1 Å². The van der Waals surface area contributed by atoms with E-state index in [9.17, 15) is 14.4 Å². The van der Waals surface area contributed by atoms with Crippen molar-refractivity contribution in [1.29, 1.82) is 0 Å². The van der Waals surface area contributed by atoms with E-state index in [1.165, 1.54) is 11.3 Å². The Labute approximate surface area is 117 Å². The van der Waals surface area contributed by atoms with Gasteiger partial charge in [-0.05, 0) is 18.4 Å². The Balaban J connectivity index is 2.05. The summed E-state index contributed by atoms with van der Waals surface area (Å²) in [6.45, 7) is 1.73. The van der Waals surface area contributed by atoms with E-state index < -0.39 is 17.7 Å². The topological polar surface area (TPSA) is 106 Å². The first-order chi connectivity index (χ1) is 9.60. The summed E-state index contributed by atoms with van der Waals surface area (Å²) in [5.74, 6) is -1.25. The largest absolute Gasteiger partial charge is 0.437 e. The summed E-state index contributed by atoms with van der Waals surface area (Å²) in [6.07, 6.45) is 0. The van der Waals surface area contributed by atoms with Crippen molar-refractivity contribution in [3.63, 3.8) is 0 Å². The number of imide groups is 1. The highest BCUT2D eigenvalue weighted by molar-refractivity contribution is 7.13. The van der Waals surface area contributed by atoms with Crippen LogP contribution in [0.2, 0.25) is 0 Å². The summed E-state index contributed by atoms with van der Waals surface area (Å²) in [5.41, 5.74) is 0. The molecule has 2 N–H and O–H groups in total. The van der Waals surface area contributed by atoms with E-state index in [1.807, 2.05) is 5.38 Å². The number of hydrogen-bond donors (Lipinski definition) is 2. The Morgan fingerprint density at radius 3 is 2.95 bits per heavy atom. The van der Waals surface area contributed by atoms with Crippen LogP contribution in [0.15, 0.2) is 26.7 Å². The Bertz CT molecular complexity index is 658. The Hall–Kier alpha value is -2.42. The standard InChI is InChI=1S/C11H12N4O4S/c1-2-12-10(17)13-8(16)6-15-11(18)19-9(14-15)7-4-3-5-20-7/h3-5H,2,6H2,1H3,(H2,12,13,16,17). The maximum absolute atomic E-state index is 11.5. The number of nitrogens with zero attached hydrogens (tertiary/aromatic N) is 2. The minimum atomic E-state index is -0.751. The van der Waals surface area contributed by atoms with Crippen LogP contribution in [0.4, 0.5) is 4.79 Å². The number of hydrogen-bond acceptors (Lipinski definition) is 6. The minimum Gasteiger partial charge on any atom is -0.387 e. The molecule has 3 amide bonds. The van der Waals surface area contributed by atoms with Crippen LogP contribution >= 0.6 is 11.3 Å². The van der Waals surface area contributed by atoms with Crippen LogP contribution in [0.1, 0.15) is 6.92 Å². The lowest BCUT2D eigenvalue weighted by atomic mass is 10.5. The van der Waals surface area contributed by atoms with E-state index in [2.05, 4.69) is 15.7 Å². The van der Waals surface area contributed by atoms with Crippen LogP contribution in [-0.2, 0) is 11.3 Å². The van der Waals surface area contributed by atoms with Gasteiger partial charge in [-0.25, -0.2) is 9.59 Å². The number of urea groups is 1. The fraction of sp³-hybridized carbons (Fsp3) is 0.273. The first kappa shape index (κ1) is 14.0. The fourth-order valence-electron chi connectivity index (χ4n) is 1.41. The van der Waals surface area contributed by atoms with Crippen LogP contribution in [0.5, 0.6) is 0 Å². The van der Waals surface area contributed by atoms with E-state index in [0.29, 0.717) is 11.4 Å². The molecule has 0 saturated heterocycles. The lowest BCUT2D eigenvalue weighted by Gasteiger charge is -2.03. The molecule has 2 aromatic rings. The molecule has 0 aliphatic carbocycles. The van der Waals surface area contributed by atoms with E-state index >= 15 is 0 Å². The number of carbonyl (C=O) groups is 2. The highest BCUT2D eigenvalue weighted by atomic mass is 32.1. The third kappa shape index (κ3) is 3.32. The van der Waals surface area contributed by atoms with Gasteiger partial charge in [0.2, 0.25) is 5.91 Å². The Morgan fingerprint density at radius 1 is 1.50 bits per heavy atom. The van der Waals surface area contributed by atoms with Crippen molar-refractivity contribution in [2.45, 2.75) is 13.5 Å². The van der Waals surface area contributed by atoms with Crippen LogP contribution in [0.25, 0.3) is 10.8 Å². The molecule has 106 valence electrons. The molecule has 2 aromatic heterocycles. The molecule has 0 fully saturated rings. The third-order valence-corrected chi connectivity index (χ3v) is 3.08. The number of amides is 3. The molecule has 0 bridgehead atoms. The number of thiophene rings is 1. The van der Waals surface area contributed by atoms with Crippen molar-refractivity contribution in [3.05, 3.63) is 28.1 Å². The second kappa shape index (κ2) is 6.15. The molecule has 2 rings (SSSR count). The predicted octanol–water partition coefficient (Wildman–Crippen LogP) is 0.410. The molecule has 0 aliphatic rings. The van der Waals surface area contributed by atoms with Gasteiger partial charge in [0.25, 0.3) is 5.89 Å². The van der Waals surface area contributed by atoms with Gasteiger partial charge in [-0.15, -0.1) is 16.4 Å². The second-order valence-electron chi connectivity index (χ2n) is 3.72. The molecule has 9 heteroatoms. The summed E-state index contributed by atoms with van der Waals surface area (Å²) in [7, 11) is 0. The molecular formula is C11H12N4O4S. The first-order valence-corrected chi connectivity index (χ1v) is 6.67. The summed E-state index contributed by atoms with van der Waals surface area (Å²) in [4.78, 5) is 34.9. The molecule has 0 unspecified atom stereocenters. The molecule has 0 radical (unpaired) electrons. The molecule has 2 heterocycles. The molecule has 0 aromatic carbocycles. The van der Waals surface area contributed by atoms with Crippen LogP contribution < -0.4 is 16.4 Å². The SMILES string of the molecule is CCNC(=O)NC(=O)Cn1nc(-c2cccs2)oc1=O. The highest BCUT2D eigenvalue weighted by Crippen LogP contribution is 2.20. The number of aromatic nitrogens is 2. The summed E-state index contributed by atoms with van der Waals surface area (Å²) >= 11 is 1.36. The van der Waals surface area contributed by atoms with Gasteiger partial charge in [0.15, 0.2) is 0 Å². The van der Waals surface area contributed by atoms with Crippen LogP contribution in [0, 0.1) is 0 Å². The predicted molar refractivity (Wildman–Crippen MR) is 71.3 cm³/mol. The summed E-state index contributed by atoms with van der Waals surface area (Å²) in [6, 6.07) is 2.92. The van der Waals surface area contributed by atoms with E-state index in [0.717, 1.165) is 4.68 Å². The average Bonchev–Trinajstić information content (AvgIpc) is 3.00. The normalized spacial score (nSPS) is 10.2. The second-order valence-corrected chi connectivity index (χ2v) is 4.66.